The Kier molecular flexibility index (Phi) is 5.34. The molecule has 2 heterocycles. The van der Waals surface area contributed by atoms with Crippen molar-refractivity contribution >= 4 is 28.8 Å². The van der Waals surface area contributed by atoms with Crippen LogP contribution in [0.5, 0.6) is 0 Å². The van der Waals surface area contributed by atoms with Crippen LogP contribution in [0.25, 0.3) is 16.6 Å². The first-order valence-corrected chi connectivity index (χ1v) is 9.77. The van der Waals surface area contributed by atoms with Crippen molar-refractivity contribution in [3.05, 3.63) is 42.4 Å². The fraction of sp³-hybridized carbons (Fsp3) is 0.429. The zero-order chi connectivity index (χ0) is 19.5. The van der Waals surface area contributed by atoms with E-state index in [0.29, 0.717) is 18.4 Å². The molecule has 2 aliphatic rings. The highest BCUT2D eigenvalue weighted by Gasteiger charge is 2.43. The number of carboxylic acids is 1. The van der Waals surface area contributed by atoms with Gasteiger partial charge in [-0.25, -0.2) is 4.98 Å². The molecule has 3 N–H and O–H groups in total. The van der Waals surface area contributed by atoms with Gasteiger partial charge in [0.15, 0.2) is 0 Å². The number of benzene rings is 1. The zero-order valence-electron chi connectivity index (χ0n) is 15.7. The van der Waals surface area contributed by atoms with Gasteiger partial charge in [-0.15, -0.1) is 0 Å². The van der Waals surface area contributed by atoms with Crippen molar-refractivity contribution in [1.29, 1.82) is 0 Å². The fourth-order valence-corrected chi connectivity index (χ4v) is 3.97. The molecule has 1 aliphatic heterocycles. The van der Waals surface area contributed by atoms with Crippen LogP contribution in [-0.2, 0) is 4.79 Å². The summed E-state index contributed by atoms with van der Waals surface area (Å²) in [6, 6.07) is 8.46. The highest BCUT2D eigenvalue weighted by molar-refractivity contribution is 6.09. The number of aliphatic imine (C=N–C) groups is 1. The SMILES string of the molecule is N/C=C(\C=NC1CCN(C2CC2CC(=O)O)CC1)c1cnc2ccccc2n1. The van der Waals surface area contributed by atoms with E-state index in [4.69, 9.17) is 15.8 Å². The summed E-state index contributed by atoms with van der Waals surface area (Å²) >= 11 is 0. The van der Waals surface area contributed by atoms with Gasteiger partial charge >= 0.3 is 5.97 Å². The number of aliphatic carboxylic acids is 1. The van der Waals surface area contributed by atoms with Gasteiger partial charge in [0.05, 0.1) is 29.0 Å². The lowest BCUT2D eigenvalue weighted by Gasteiger charge is -2.30. The van der Waals surface area contributed by atoms with Crippen molar-refractivity contribution in [2.75, 3.05) is 13.1 Å². The molecule has 7 heteroatoms. The minimum absolute atomic E-state index is 0.260. The molecule has 1 aromatic carbocycles. The first kappa shape index (κ1) is 18.6. The van der Waals surface area contributed by atoms with Crippen LogP contribution < -0.4 is 5.73 Å². The lowest BCUT2D eigenvalue weighted by molar-refractivity contribution is -0.137. The van der Waals surface area contributed by atoms with Gasteiger partial charge in [-0.1, -0.05) is 12.1 Å². The quantitative estimate of drug-likeness (QED) is 0.747. The van der Waals surface area contributed by atoms with Gasteiger partial charge in [0, 0.05) is 43.5 Å². The number of hydrogen-bond donors (Lipinski definition) is 2. The molecule has 0 amide bonds. The van der Waals surface area contributed by atoms with E-state index in [1.54, 1.807) is 6.20 Å². The Morgan fingerprint density at radius 3 is 2.75 bits per heavy atom. The summed E-state index contributed by atoms with van der Waals surface area (Å²) in [5.74, 6) is -0.360. The molecular formula is C21H25N5O2. The maximum Gasteiger partial charge on any atom is 0.303 e. The number of nitrogens with two attached hydrogens (primary N) is 1. The first-order valence-electron chi connectivity index (χ1n) is 9.77. The normalized spacial score (nSPS) is 24.1. The number of nitrogens with zero attached hydrogens (tertiary/aromatic N) is 4. The average Bonchev–Trinajstić information content (AvgIpc) is 3.47. The van der Waals surface area contributed by atoms with E-state index < -0.39 is 5.97 Å². The summed E-state index contributed by atoms with van der Waals surface area (Å²) in [5, 5.41) is 8.92. The highest BCUT2D eigenvalue weighted by atomic mass is 16.4. The van der Waals surface area contributed by atoms with Crippen LogP contribution in [0.4, 0.5) is 0 Å². The monoisotopic (exact) mass is 379 g/mol. The molecule has 1 aliphatic carbocycles. The number of para-hydroxylation sites is 2. The van der Waals surface area contributed by atoms with Gasteiger partial charge in [0.25, 0.3) is 0 Å². The largest absolute Gasteiger partial charge is 0.481 e. The lowest BCUT2D eigenvalue weighted by Crippen LogP contribution is -2.37. The molecular weight excluding hydrogens is 354 g/mol. The van der Waals surface area contributed by atoms with E-state index in [0.717, 1.165) is 54.7 Å². The van der Waals surface area contributed by atoms with Gasteiger partial charge in [-0.05, 0) is 37.3 Å². The summed E-state index contributed by atoms with van der Waals surface area (Å²) in [6.45, 7) is 1.94. The molecule has 2 fully saturated rings. The minimum Gasteiger partial charge on any atom is -0.481 e. The molecule has 1 saturated heterocycles. The molecule has 2 atom stereocenters. The molecule has 28 heavy (non-hydrogen) atoms. The van der Waals surface area contributed by atoms with Crippen molar-refractivity contribution in [3.8, 4) is 0 Å². The first-order chi connectivity index (χ1) is 13.6. The van der Waals surface area contributed by atoms with E-state index >= 15 is 0 Å². The summed E-state index contributed by atoms with van der Waals surface area (Å²) in [7, 11) is 0. The Hall–Kier alpha value is -2.80. The predicted molar refractivity (Wildman–Crippen MR) is 109 cm³/mol. The van der Waals surface area contributed by atoms with Crippen LogP contribution in [-0.4, -0.2) is 57.3 Å². The van der Waals surface area contributed by atoms with Crippen molar-refractivity contribution in [1.82, 2.24) is 14.9 Å². The van der Waals surface area contributed by atoms with Crippen LogP contribution in [0.3, 0.4) is 0 Å². The molecule has 2 aromatic rings. The molecule has 1 saturated carbocycles. The average molecular weight is 379 g/mol. The van der Waals surface area contributed by atoms with Crippen LogP contribution in [0.2, 0.25) is 0 Å². The highest BCUT2D eigenvalue weighted by Crippen LogP contribution is 2.39. The Morgan fingerprint density at radius 2 is 2.04 bits per heavy atom. The zero-order valence-corrected chi connectivity index (χ0v) is 15.7. The van der Waals surface area contributed by atoms with Gasteiger partial charge in [-0.2, -0.15) is 0 Å². The number of likely N-dealkylation sites (tertiary alicyclic amines) is 1. The summed E-state index contributed by atoms with van der Waals surface area (Å²) < 4.78 is 0. The number of carbonyl (C=O) groups is 1. The summed E-state index contributed by atoms with van der Waals surface area (Å²) in [5.41, 5.74) is 8.99. The third-order valence-electron chi connectivity index (χ3n) is 5.64. The minimum atomic E-state index is -0.690. The smallest absolute Gasteiger partial charge is 0.303 e. The maximum absolute atomic E-state index is 10.8. The predicted octanol–water partition coefficient (Wildman–Crippen LogP) is 2.33. The second-order valence-corrected chi connectivity index (χ2v) is 7.57. The Morgan fingerprint density at radius 1 is 1.29 bits per heavy atom. The van der Waals surface area contributed by atoms with Gasteiger partial charge < -0.3 is 10.8 Å². The Bertz CT molecular complexity index is 918. The summed E-state index contributed by atoms with van der Waals surface area (Å²) in [6.07, 6.45) is 8.33. The standard InChI is InChI=1S/C21H25N5O2/c22-11-15(19-13-24-17-3-1-2-4-18(17)25-19)12-23-16-5-7-26(8-6-16)20-9-14(20)10-21(27)28/h1-4,11-14,16,20H,5-10,22H2,(H,27,28)/b15-11+,23-12?. The van der Waals surface area contributed by atoms with Crippen molar-refractivity contribution in [2.24, 2.45) is 16.6 Å². The maximum atomic E-state index is 10.8. The molecule has 0 bridgehead atoms. The molecule has 7 nitrogen and oxygen atoms in total. The molecule has 4 rings (SSSR count). The van der Waals surface area contributed by atoms with E-state index in [1.807, 2.05) is 30.5 Å². The van der Waals surface area contributed by atoms with Gasteiger partial charge in [0.1, 0.15) is 0 Å². The number of rotatable bonds is 6. The van der Waals surface area contributed by atoms with E-state index in [9.17, 15) is 4.79 Å². The van der Waals surface area contributed by atoms with Gasteiger partial charge in [0.2, 0.25) is 0 Å². The van der Waals surface area contributed by atoms with Gasteiger partial charge in [-0.3, -0.25) is 19.7 Å². The van der Waals surface area contributed by atoms with E-state index in [-0.39, 0.29) is 6.04 Å². The van der Waals surface area contributed by atoms with Crippen LogP contribution in [0.1, 0.15) is 31.4 Å². The van der Waals surface area contributed by atoms with E-state index in [2.05, 4.69) is 14.9 Å². The van der Waals surface area contributed by atoms with Crippen molar-refractivity contribution in [2.45, 2.75) is 37.8 Å². The van der Waals surface area contributed by atoms with Crippen LogP contribution in [0, 0.1) is 5.92 Å². The molecule has 0 radical (unpaired) electrons. The summed E-state index contributed by atoms with van der Waals surface area (Å²) in [4.78, 5) is 27.1. The second-order valence-electron chi connectivity index (χ2n) is 7.57. The number of fused-ring (bicyclic) bond motifs is 1. The fourth-order valence-electron chi connectivity index (χ4n) is 3.97. The third kappa shape index (κ3) is 4.20. The Balaban J connectivity index is 1.34. The Labute approximate surface area is 164 Å². The van der Waals surface area contributed by atoms with Crippen molar-refractivity contribution in [3.63, 3.8) is 0 Å². The molecule has 1 aromatic heterocycles. The number of hydrogen-bond acceptors (Lipinski definition) is 6. The number of allylic oxidation sites excluding steroid dienone is 1. The number of carboxylic acid groups (broad SMARTS) is 1. The molecule has 146 valence electrons. The van der Waals surface area contributed by atoms with Crippen LogP contribution >= 0.6 is 0 Å². The number of aromatic nitrogens is 2. The topological polar surface area (TPSA) is 105 Å². The third-order valence-corrected chi connectivity index (χ3v) is 5.64. The van der Waals surface area contributed by atoms with Crippen LogP contribution in [0.15, 0.2) is 41.7 Å². The molecule has 0 spiro atoms. The van der Waals surface area contributed by atoms with Crippen molar-refractivity contribution < 1.29 is 9.90 Å². The van der Waals surface area contributed by atoms with E-state index in [1.165, 1.54) is 6.20 Å². The molecule has 2 unspecified atom stereocenters. The second kappa shape index (κ2) is 8.06. The lowest BCUT2D eigenvalue weighted by atomic mass is 10.0. The number of piperidine rings is 1.